The largest absolute Gasteiger partial charge is 0.369 e. The Hall–Kier alpha value is -2.37. The van der Waals surface area contributed by atoms with Crippen LogP contribution in [0.5, 0.6) is 0 Å². The number of anilines is 1. The number of hydrogen-bond donors (Lipinski definition) is 2. The molecule has 1 amide bonds. The Bertz CT molecular complexity index is 803. The molecule has 27 heavy (non-hydrogen) atoms. The molecule has 0 spiro atoms. The number of aromatic nitrogens is 2. The number of hydrogen-bond acceptors (Lipinski definition) is 3. The average molecular weight is 370 g/mol. The molecule has 1 aliphatic carbocycles. The lowest BCUT2D eigenvalue weighted by atomic mass is 9.94. The molecule has 2 aromatic rings. The van der Waals surface area contributed by atoms with Crippen molar-refractivity contribution in [2.45, 2.75) is 44.9 Å². The molecular weight excluding hydrogens is 343 g/mol. The number of rotatable bonds is 6. The third kappa shape index (κ3) is 4.15. The quantitative estimate of drug-likeness (QED) is 0.822. The number of carbonyl (C=O) groups is 1. The predicted octanol–water partition coefficient (Wildman–Crippen LogP) is 3.00. The number of aromatic amines is 1. The number of carbonyl (C=O) groups excluding carboxylic acids is 1. The molecule has 1 saturated heterocycles. The molecule has 1 aromatic carbocycles. The van der Waals surface area contributed by atoms with Gasteiger partial charge in [-0.1, -0.05) is 12.1 Å². The molecule has 1 aromatic heterocycles. The molecule has 2 N–H and O–H groups in total. The Morgan fingerprint density at radius 2 is 2.15 bits per heavy atom. The molecule has 6 heteroatoms. The zero-order chi connectivity index (χ0) is 18.6. The lowest BCUT2D eigenvalue weighted by Gasteiger charge is -2.19. The molecule has 2 aliphatic rings. The van der Waals surface area contributed by atoms with Gasteiger partial charge in [0, 0.05) is 38.2 Å². The van der Waals surface area contributed by atoms with Crippen LogP contribution in [0.1, 0.15) is 42.6 Å². The Labute approximate surface area is 159 Å². The third-order valence-corrected chi connectivity index (χ3v) is 5.80. The summed E-state index contributed by atoms with van der Waals surface area (Å²) in [6.07, 6.45) is 6.74. The molecule has 1 unspecified atom stereocenters. The van der Waals surface area contributed by atoms with Crippen LogP contribution in [0.25, 0.3) is 0 Å². The summed E-state index contributed by atoms with van der Waals surface area (Å²) in [5.74, 6) is 0.267. The summed E-state index contributed by atoms with van der Waals surface area (Å²) in [7, 11) is 0. The second-order valence-electron chi connectivity index (χ2n) is 7.69. The van der Waals surface area contributed by atoms with E-state index >= 15 is 0 Å². The van der Waals surface area contributed by atoms with Gasteiger partial charge in [0.1, 0.15) is 5.82 Å². The molecule has 1 fully saturated rings. The highest BCUT2D eigenvalue weighted by Gasteiger charge is 2.25. The molecule has 144 valence electrons. The first-order valence-corrected chi connectivity index (χ1v) is 10.0. The summed E-state index contributed by atoms with van der Waals surface area (Å²) < 4.78 is 13.9. The van der Waals surface area contributed by atoms with Gasteiger partial charge in [0.2, 0.25) is 5.91 Å². The molecule has 1 aliphatic heterocycles. The van der Waals surface area contributed by atoms with Crippen LogP contribution < -0.4 is 10.2 Å². The summed E-state index contributed by atoms with van der Waals surface area (Å²) in [4.78, 5) is 14.3. The number of halogens is 1. The number of H-pyrrole nitrogens is 1. The maximum atomic E-state index is 13.9. The minimum Gasteiger partial charge on any atom is -0.369 e. The summed E-state index contributed by atoms with van der Waals surface area (Å²) in [5.41, 5.74) is 4.32. The number of fused-ring (bicyclic) bond motifs is 1. The number of nitrogens with zero attached hydrogens (tertiary/aromatic N) is 2. The Morgan fingerprint density at radius 1 is 1.30 bits per heavy atom. The van der Waals surface area contributed by atoms with E-state index in [0.717, 1.165) is 38.0 Å². The molecule has 0 bridgehead atoms. The lowest BCUT2D eigenvalue weighted by molar-refractivity contribution is -0.121. The number of aryl methyl sites for hydroxylation is 2. The van der Waals surface area contributed by atoms with Gasteiger partial charge in [-0.15, -0.1) is 0 Å². The Kier molecular flexibility index (Phi) is 5.41. The standard InChI is InChI=1S/C21H27FN4O/c22-17-6-2-4-8-20(17)26-12-11-15(14-26)13-23-21(27)10-9-19-16-5-1-3-7-18(16)24-25-19/h2,4,6,8,15H,1,3,5,7,9-14H2,(H,23,27)(H,24,25). The molecule has 1 atom stereocenters. The normalized spacial score (nSPS) is 19.1. The van der Waals surface area contributed by atoms with E-state index in [2.05, 4.69) is 20.4 Å². The number of amides is 1. The topological polar surface area (TPSA) is 61.0 Å². The molecule has 0 radical (unpaired) electrons. The second kappa shape index (κ2) is 8.11. The van der Waals surface area contributed by atoms with Gasteiger partial charge in [-0.3, -0.25) is 9.89 Å². The van der Waals surface area contributed by atoms with Gasteiger partial charge in [-0.2, -0.15) is 5.10 Å². The van der Waals surface area contributed by atoms with Gasteiger partial charge in [0.15, 0.2) is 0 Å². The molecular formula is C21H27FN4O. The fourth-order valence-corrected chi connectivity index (χ4v) is 4.26. The minimum atomic E-state index is -0.176. The maximum Gasteiger partial charge on any atom is 0.220 e. The average Bonchev–Trinajstić information content (AvgIpc) is 3.32. The van der Waals surface area contributed by atoms with E-state index in [1.54, 1.807) is 6.07 Å². The van der Waals surface area contributed by atoms with Gasteiger partial charge < -0.3 is 10.2 Å². The van der Waals surface area contributed by atoms with Crippen molar-refractivity contribution in [3.63, 3.8) is 0 Å². The summed E-state index contributed by atoms with van der Waals surface area (Å²) in [5, 5.41) is 10.6. The SMILES string of the molecule is O=C(CCc1n[nH]c2c1CCCC2)NCC1CCN(c2ccccc2F)C1. The highest BCUT2D eigenvalue weighted by atomic mass is 19.1. The number of benzene rings is 1. The third-order valence-electron chi connectivity index (χ3n) is 5.80. The van der Waals surface area contributed by atoms with E-state index in [1.807, 2.05) is 12.1 Å². The van der Waals surface area contributed by atoms with Crippen molar-refractivity contribution >= 4 is 11.6 Å². The van der Waals surface area contributed by atoms with E-state index in [-0.39, 0.29) is 11.7 Å². The van der Waals surface area contributed by atoms with Crippen molar-refractivity contribution in [3.8, 4) is 0 Å². The van der Waals surface area contributed by atoms with Gasteiger partial charge in [-0.25, -0.2) is 4.39 Å². The van der Waals surface area contributed by atoms with Crippen LogP contribution in [0.15, 0.2) is 24.3 Å². The summed E-state index contributed by atoms with van der Waals surface area (Å²) in [6, 6.07) is 6.89. The Balaban J connectivity index is 1.22. The lowest BCUT2D eigenvalue weighted by Crippen LogP contribution is -2.31. The van der Waals surface area contributed by atoms with Crippen LogP contribution in [0, 0.1) is 11.7 Å². The molecule has 5 nitrogen and oxygen atoms in total. The number of nitrogens with one attached hydrogen (secondary N) is 2. The predicted molar refractivity (Wildman–Crippen MR) is 103 cm³/mol. The second-order valence-corrected chi connectivity index (χ2v) is 7.69. The monoisotopic (exact) mass is 370 g/mol. The minimum absolute atomic E-state index is 0.0758. The van der Waals surface area contributed by atoms with E-state index in [0.29, 0.717) is 31.0 Å². The molecule has 2 heterocycles. The Morgan fingerprint density at radius 3 is 3.04 bits per heavy atom. The van der Waals surface area contributed by atoms with Gasteiger partial charge >= 0.3 is 0 Å². The van der Waals surface area contributed by atoms with Crippen LogP contribution >= 0.6 is 0 Å². The van der Waals surface area contributed by atoms with Crippen molar-refractivity contribution in [1.82, 2.24) is 15.5 Å². The van der Waals surface area contributed by atoms with Crippen LogP contribution in [-0.2, 0) is 24.1 Å². The number of para-hydroxylation sites is 1. The van der Waals surface area contributed by atoms with Crippen molar-refractivity contribution in [1.29, 1.82) is 0 Å². The van der Waals surface area contributed by atoms with Crippen molar-refractivity contribution < 1.29 is 9.18 Å². The van der Waals surface area contributed by atoms with E-state index < -0.39 is 0 Å². The smallest absolute Gasteiger partial charge is 0.220 e. The van der Waals surface area contributed by atoms with Crippen molar-refractivity contribution in [3.05, 3.63) is 47.0 Å². The van der Waals surface area contributed by atoms with Crippen LogP contribution in [-0.4, -0.2) is 35.7 Å². The zero-order valence-electron chi connectivity index (χ0n) is 15.6. The van der Waals surface area contributed by atoms with Crippen molar-refractivity contribution in [2.75, 3.05) is 24.5 Å². The van der Waals surface area contributed by atoms with E-state index in [9.17, 15) is 9.18 Å². The highest BCUT2D eigenvalue weighted by molar-refractivity contribution is 5.76. The molecule has 4 rings (SSSR count). The first-order chi connectivity index (χ1) is 13.2. The maximum absolute atomic E-state index is 13.9. The molecule has 0 saturated carbocycles. The summed E-state index contributed by atoms with van der Waals surface area (Å²) >= 11 is 0. The fourth-order valence-electron chi connectivity index (χ4n) is 4.26. The van der Waals surface area contributed by atoms with Crippen molar-refractivity contribution in [2.24, 2.45) is 5.92 Å². The van der Waals surface area contributed by atoms with Crippen LogP contribution in [0.3, 0.4) is 0 Å². The van der Waals surface area contributed by atoms with Gasteiger partial charge in [0.05, 0.1) is 11.4 Å². The van der Waals surface area contributed by atoms with E-state index in [1.165, 1.54) is 30.2 Å². The highest BCUT2D eigenvalue weighted by Crippen LogP contribution is 2.26. The van der Waals surface area contributed by atoms with E-state index in [4.69, 9.17) is 0 Å². The van der Waals surface area contributed by atoms with Gasteiger partial charge in [-0.05, 0) is 55.7 Å². The summed E-state index contributed by atoms with van der Waals surface area (Å²) in [6.45, 7) is 2.28. The van der Waals surface area contributed by atoms with Gasteiger partial charge in [0.25, 0.3) is 0 Å². The zero-order valence-corrected chi connectivity index (χ0v) is 15.6. The van der Waals surface area contributed by atoms with Crippen LogP contribution in [0.4, 0.5) is 10.1 Å². The fraction of sp³-hybridized carbons (Fsp3) is 0.524. The van der Waals surface area contributed by atoms with Crippen LogP contribution in [0.2, 0.25) is 0 Å². The first kappa shape index (κ1) is 18.0. The first-order valence-electron chi connectivity index (χ1n) is 10.0.